The molecule has 80 valence electrons. The van der Waals surface area contributed by atoms with Crippen LogP contribution in [0, 0.1) is 0 Å². The minimum atomic E-state index is -1.35. The number of hydrogen-bond donors (Lipinski definition) is 0. The molecule has 2 aromatic rings. The van der Waals surface area contributed by atoms with E-state index in [0.29, 0.717) is 16.9 Å². The van der Waals surface area contributed by atoms with Gasteiger partial charge in [0, 0.05) is 11.1 Å². The first-order chi connectivity index (χ1) is 7.70. The molecule has 0 spiro atoms. The quantitative estimate of drug-likeness (QED) is 0.719. The van der Waals surface area contributed by atoms with Crippen LogP contribution in [0.25, 0.3) is 11.3 Å². The second-order valence-corrected chi connectivity index (χ2v) is 3.19. The van der Waals surface area contributed by atoms with Gasteiger partial charge in [0.2, 0.25) is 0 Å². The van der Waals surface area contributed by atoms with Gasteiger partial charge in [-0.2, -0.15) is 0 Å². The summed E-state index contributed by atoms with van der Waals surface area (Å²) in [6.07, 6.45) is 0.735. The smallest absolute Gasteiger partial charge is 0.150 e. The van der Waals surface area contributed by atoms with E-state index in [2.05, 4.69) is 0 Å². The van der Waals surface area contributed by atoms with Crippen LogP contribution in [0.4, 0.5) is 0 Å². The molecule has 2 rings (SSSR count). The Bertz CT molecular complexity index is 522. The van der Waals surface area contributed by atoms with Gasteiger partial charge < -0.3 is 14.3 Å². The average Bonchev–Trinajstić information content (AvgIpc) is 2.78. The van der Waals surface area contributed by atoms with E-state index >= 15 is 0 Å². The predicted molar refractivity (Wildman–Crippen MR) is 53.9 cm³/mol. The van der Waals surface area contributed by atoms with Gasteiger partial charge in [-0.25, -0.2) is 0 Å². The molecule has 0 saturated carbocycles. The van der Waals surface area contributed by atoms with Crippen molar-refractivity contribution in [1.82, 2.24) is 0 Å². The monoisotopic (exact) mass is 215 g/mol. The maximum absolute atomic E-state index is 10.5. The normalized spacial score (nSPS) is 10.0. The zero-order valence-corrected chi connectivity index (χ0v) is 8.17. The summed E-state index contributed by atoms with van der Waals surface area (Å²) in [5.74, 6) is -1.14. The van der Waals surface area contributed by atoms with Crippen LogP contribution in [0.3, 0.4) is 0 Å². The SMILES string of the molecule is O=Cc1ccc(-c2ccc(C(=O)[O-])o2)cc1. The maximum atomic E-state index is 10.5. The summed E-state index contributed by atoms with van der Waals surface area (Å²) >= 11 is 0. The number of carbonyl (C=O) groups excluding carboxylic acids is 2. The van der Waals surface area contributed by atoms with Gasteiger partial charge in [0.1, 0.15) is 23.8 Å². The van der Waals surface area contributed by atoms with Gasteiger partial charge in [0.15, 0.2) is 0 Å². The second kappa shape index (κ2) is 4.02. The summed E-state index contributed by atoms with van der Waals surface area (Å²) in [4.78, 5) is 20.9. The third kappa shape index (κ3) is 1.86. The highest BCUT2D eigenvalue weighted by molar-refractivity contribution is 5.83. The third-order valence-electron chi connectivity index (χ3n) is 2.14. The van der Waals surface area contributed by atoms with E-state index < -0.39 is 5.97 Å². The van der Waals surface area contributed by atoms with Gasteiger partial charge in [0.25, 0.3) is 0 Å². The lowest BCUT2D eigenvalue weighted by Gasteiger charge is -1.98. The third-order valence-corrected chi connectivity index (χ3v) is 2.14. The molecule has 0 atom stereocenters. The summed E-state index contributed by atoms with van der Waals surface area (Å²) < 4.78 is 5.05. The van der Waals surface area contributed by atoms with Crippen LogP contribution in [-0.4, -0.2) is 12.3 Å². The minimum absolute atomic E-state index is 0.213. The number of furan rings is 1. The van der Waals surface area contributed by atoms with Crippen molar-refractivity contribution in [2.75, 3.05) is 0 Å². The molecular weight excluding hydrogens is 208 g/mol. The van der Waals surface area contributed by atoms with Crippen molar-refractivity contribution in [2.24, 2.45) is 0 Å². The van der Waals surface area contributed by atoms with E-state index in [1.54, 1.807) is 30.3 Å². The van der Waals surface area contributed by atoms with Crippen LogP contribution >= 0.6 is 0 Å². The number of aldehydes is 1. The standard InChI is InChI=1S/C12H8O4/c13-7-8-1-3-9(4-2-8)10-5-6-11(16-10)12(14)15/h1-7H,(H,14,15)/p-1. The number of benzene rings is 1. The van der Waals surface area contributed by atoms with Crippen LogP contribution in [-0.2, 0) is 0 Å². The van der Waals surface area contributed by atoms with Crippen molar-refractivity contribution in [3.63, 3.8) is 0 Å². The summed E-state index contributed by atoms with van der Waals surface area (Å²) in [5, 5.41) is 10.5. The van der Waals surface area contributed by atoms with Gasteiger partial charge in [0.05, 0.1) is 0 Å². The lowest BCUT2D eigenvalue weighted by atomic mass is 10.1. The molecule has 0 saturated heterocycles. The van der Waals surface area contributed by atoms with Crippen LogP contribution in [0.5, 0.6) is 0 Å². The molecule has 1 aromatic carbocycles. The molecule has 0 radical (unpaired) electrons. The first-order valence-corrected chi connectivity index (χ1v) is 4.57. The zero-order valence-electron chi connectivity index (χ0n) is 8.17. The Kier molecular flexibility index (Phi) is 2.55. The first kappa shape index (κ1) is 10.2. The highest BCUT2D eigenvalue weighted by Gasteiger charge is 2.04. The van der Waals surface area contributed by atoms with Gasteiger partial charge in [-0.3, -0.25) is 4.79 Å². The van der Waals surface area contributed by atoms with Crippen LogP contribution in [0.2, 0.25) is 0 Å². The topological polar surface area (TPSA) is 70.3 Å². The Hall–Kier alpha value is -2.36. The fraction of sp³-hybridized carbons (Fsp3) is 0. The zero-order chi connectivity index (χ0) is 11.5. The van der Waals surface area contributed by atoms with Gasteiger partial charge in [-0.1, -0.05) is 24.3 Å². The molecule has 0 unspecified atom stereocenters. The first-order valence-electron chi connectivity index (χ1n) is 4.57. The fourth-order valence-electron chi connectivity index (χ4n) is 1.33. The van der Waals surface area contributed by atoms with Crippen LogP contribution < -0.4 is 5.11 Å². The summed E-state index contributed by atoms with van der Waals surface area (Å²) in [7, 11) is 0. The molecule has 4 nitrogen and oxygen atoms in total. The van der Waals surface area contributed by atoms with Crippen molar-refractivity contribution < 1.29 is 19.1 Å². The Balaban J connectivity index is 2.35. The maximum Gasteiger partial charge on any atom is 0.150 e. The Morgan fingerprint density at radius 1 is 1.12 bits per heavy atom. The van der Waals surface area contributed by atoms with Gasteiger partial charge >= 0.3 is 0 Å². The highest BCUT2D eigenvalue weighted by atomic mass is 16.4. The Morgan fingerprint density at radius 3 is 2.31 bits per heavy atom. The Labute approximate surface area is 91.1 Å². The molecule has 0 N–H and O–H groups in total. The minimum Gasteiger partial charge on any atom is -0.542 e. The molecule has 16 heavy (non-hydrogen) atoms. The van der Waals surface area contributed by atoms with Crippen LogP contribution in [0.15, 0.2) is 40.8 Å². The number of carboxylic acid groups (broad SMARTS) is 1. The molecule has 1 heterocycles. The Morgan fingerprint density at radius 2 is 1.81 bits per heavy atom. The molecule has 0 amide bonds. The number of aromatic carboxylic acids is 1. The lowest BCUT2D eigenvalue weighted by molar-refractivity contribution is -0.257. The number of rotatable bonds is 3. The molecule has 0 fully saturated rings. The lowest BCUT2D eigenvalue weighted by Crippen LogP contribution is -2.21. The summed E-state index contributed by atoms with van der Waals surface area (Å²) in [6.45, 7) is 0. The van der Waals surface area contributed by atoms with Crippen molar-refractivity contribution in [3.05, 3.63) is 47.7 Å². The largest absolute Gasteiger partial charge is 0.542 e. The highest BCUT2D eigenvalue weighted by Crippen LogP contribution is 2.21. The van der Waals surface area contributed by atoms with Crippen molar-refractivity contribution >= 4 is 12.3 Å². The van der Waals surface area contributed by atoms with E-state index in [-0.39, 0.29) is 5.76 Å². The number of hydrogen-bond acceptors (Lipinski definition) is 4. The van der Waals surface area contributed by atoms with E-state index in [1.165, 1.54) is 6.07 Å². The number of carboxylic acids is 1. The second-order valence-electron chi connectivity index (χ2n) is 3.19. The van der Waals surface area contributed by atoms with Crippen molar-refractivity contribution in [3.8, 4) is 11.3 Å². The average molecular weight is 215 g/mol. The van der Waals surface area contributed by atoms with E-state index in [1.807, 2.05) is 0 Å². The molecule has 0 aliphatic rings. The van der Waals surface area contributed by atoms with E-state index in [0.717, 1.165) is 6.29 Å². The van der Waals surface area contributed by atoms with Gasteiger partial charge in [-0.15, -0.1) is 0 Å². The molecule has 4 heteroatoms. The van der Waals surface area contributed by atoms with Gasteiger partial charge in [-0.05, 0) is 12.1 Å². The molecule has 0 bridgehead atoms. The molecule has 0 aliphatic heterocycles. The summed E-state index contributed by atoms with van der Waals surface area (Å²) in [5.41, 5.74) is 1.26. The number of carbonyl (C=O) groups is 2. The van der Waals surface area contributed by atoms with E-state index in [9.17, 15) is 14.7 Å². The van der Waals surface area contributed by atoms with Crippen LogP contribution in [0.1, 0.15) is 20.9 Å². The molecular formula is C12H7O4-. The molecule has 1 aromatic heterocycles. The predicted octanol–water partition coefficient (Wildman–Crippen LogP) is 1.12. The fourth-order valence-corrected chi connectivity index (χ4v) is 1.33. The van der Waals surface area contributed by atoms with E-state index in [4.69, 9.17) is 4.42 Å². The molecule has 0 aliphatic carbocycles. The van der Waals surface area contributed by atoms with Crippen molar-refractivity contribution in [2.45, 2.75) is 0 Å². The summed E-state index contributed by atoms with van der Waals surface area (Å²) in [6, 6.07) is 9.50. The van der Waals surface area contributed by atoms with Crippen molar-refractivity contribution in [1.29, 1.82) is 0 Å².